The summed E-state index contributed by atoms with van der Waals surface area (Å²) in [6.07, 6.45) is 4.74. The Balaban J connectivity index is 1.74. The van der Waals surface area contributed by atoms with Crippen LogP contribution in [0.4, 0.5) is 17.2 Å². The Hall–Kier alpha value is -3.69. The summed E-state index contributed by atoms with van der Waals surface area (Å²) in [6.45, 7) is -2.73. The molecule has 0 aliphatic heterocycles. The van der Waals surface area contributed by atoms with E-state index in [9.17, 15) is 14.4 Å². The number of aryl methyl sites for hydroxylation is 1. The molecule has 0 spiro atoms. The topological polar surface area (TPSA) is 134 Å². The summed E-state index contributed by atoms with van der Waals surface area (Å²) in [5.74, 6) is -1.17. The highest BCUT2D eigenvalue weighted by molar-refractivity contribution is 6.01. The third-order valence-electron chi connectivity index (χ3n) is 4.50. The van der Waals surface area contributed by atoms with Crippen LogP contribution in [0, 0.1) is 5.92 Å². The zero-order valence-corrected chi connectivity index (χ0v) is 14.9. The average Bonchev–Trinajstić information content (AvgIpc) is 3.46. The van der Waals surface area contributed by atoms with Crippen LogP contribution >= 0.6 is 0 Å². The number of nitrogens with zero attached hydrogens (tertiary/aromatic N) is 3. The molecular weight excluding hydrogens is 362 g/mol. The number of carbonyl (C=O) groups is 2. The van der Waals surface area contributed by atoms with Gasteiger partial charge in [-0.05, 0) is 18.9 Å². The van der Waals surface area contributed by atoms with Crippen LogP contribution in [0.15, 0.2) is 29.3 Å². The van der Waals surface area contributed by atoms with Gasteiger partial charge in [0.15, 0.2) is 11.5 Å². The van der Waals surface area contributed by atoms with Gasteiger partial charge in [0.25, 0.3) is 11.5 Å². The Morgan fingerprint density at radius 1 is 1.32 bits per heavy atom. The number of fused-ring (bicyclic) bond motifs is 1. The van der Waals surface area contributed by atoms with Crippen molar-refractivity contribution in [3.05, 3.63) is 40.6 Å². The highest BCUT2D eigenvalue weighted by Gasteiger charge is 2.30. The van der Waals surface area contributed by atoms with Crippen LogP contribution in [0.5, 0.6) is 0 Å². The molecule has 0 bridgehead atoms. The molecule has 3 aromatic rings. The Labute approximate surface area is 163 Å². The second-order valence-corrected chi connectivity index (χ2v) is 6.56. The summed E-state index contributed by atoms with van der Waals surface area (Å²) in [7, 11) is 1.60. The number of aromatic nitrogens is 4. The third kappa shape index (κ3) is 3.20. The molecule has 10 heteroatoms. The van der Waals surface area contributed by atoms with Crippen LogP contribution < -0.4 is 21.5 Å². The summed E-state index contributed by atoms with van der Waals surface area (Å²) in [4.78, 5) is 40.1. The molecule has 0 radical (unpaired) electrons. The van der Waals surface area contributed by atoms with Gasteiger partial charge in [0.1, 0.15) is 0 Å². The van der Waals surface area contributed by atoms with Gasteiger partial charge in [0, 0.05) is 42.5 Å². The zero-order chi connectivity index (χ0) is 22.3. The molecule has 4 N–H and O–H groups in total. The molecule has 3 aromatic heterocycles. The van der Waals surface area contributed by atoms with Crippen molar-refractivity contribution in [2.75, 3.05) is 17.6 Å². The van der Waals surface area contributed by atoms with Gasteiger partial charge in [-0.25, -0.2) is 0 Å². The SMILES string of the molecule is [2H]C([2H])([2H])NC(=O)c1nnc(NC(=O)C2CC2)cc1Nc1c[nH]c2ccn(C)c(=O)c12. The van der Waals surface area contributed by atoms with Gasteiger partial charge < -0.3 is 25.5 Å². The van der Waals surface area contributed by atoms with Crippen molar-refractivity contribution < 1.29 is 13.7 Å². The Bertz CT molecular complexity index is 1240. The van der Waals surface area contributed by atoms with E-state index in [0.29, 0.717) is 16.6 Å². The first kappa shape index (κ1) is 14.4. The summed E-state index contributed by atoms with van der Waals surface area (Å²) in [5, 5.41) is 15.4. The van der Waals surface area contributed by atoms with Crippen molar-refractivity contribution in [1.29, 1.82) is 0 Å². The van der Waals surface area contributed by atoms with E-state index in [1.54, 1.807) is 25.5 Å². The minimum Gasteiger partial charge on any atom is -0.359 e. The Morgan fingerprint density at radius 2 is 2.14 bits per heavy atom. The lowest BCUT2D eigenvalue weighted by Gasteiger charge is -2.11. The van der Waals surface area contributed by atoms with Crippen molar-refractivity contribution in [2.45, 2.75) is 12.8 Å². The number of hydrogen-bond acceptors (Lipinski definition) is 6. The molecule has 1 aliphatic rings. The first-order valence-corrected chi connectivity index (χ1v) is 8.57. The van der Waals surface area contributed by atoms with E-state index in [-0.39, 0.29) is 34.6 Å². The highest BCUT2D eigenvalue weighted by atomic mass is 16.2. The number of H-pyrrole nitrogens is 1. The van der Waals surface area contributed by atoms with Crippen LogP contribution in [0.1, 0.15) is 27.4 Å². The van der Waals surface area contributed by atoms with Gasteiger partial charge in [-0.15, -0.1) is 10.2 Å². The predicted molar refractivity (Wildman–Crippen MR) is 104 cm³/mol. The number of carbonyl (C=O) groups excluding carboxylic acids is 2. The molecule has 4 rings (SSSR count). The van der Waals surface area contributed by atoms with E-state index >= 15 is 0 Å². The number of amides is 2. The largest absolute Gasteiger partial charge is 0.359 e. The van der Waals surface area contributed by atoms with Crippen molar-refractivity contribution in [2.24, 2.45) is 13.0 Å². The normalized spacial score (nSPS) is 15.4. The Kier molecular flexibility index (Phi) is 3.49. The quantitative estimate of drug-likeness (QED) is 0.521. The van der Waals surface area contributed by atoms with Gasteiger partial charge in [0.2, 0.25) is 5.91 Å². The van der Waals surface area contributed by atoms with E-state index < -0.39 is 12.9 Å². The molecule has 0 atom stereocenters. The van der Waals surface area contributed by atoms with E-state index in [2.05, 4.69) is 25.8 Å². The van der Waals surface area contributed by atoms with Crippen molar-refractivity contribution in [3.8, 4) is 0 Å². The highest BCUT2D eigenvalue weighted by Crippen LogP contribution is 2.31. The fourth-order valence-corrected chi connectivity index (χ4v) is 2.82. The number of anilines is 3. The maximum Gasteiger partial charge on any atom is 0.273 e. The molecule has 0 unspecified atom stereocenters. The second kappa shape index (κ2) is 6.80. The van der Waals surface area contributed by atoms with Gasteiger partial charge in [-0.1, -0.05) is 0 Å². The number of rotatable bonds is 5. The molecule has 0 saturated heterocycles. The molecule has 10 nitrogen and oxygen atoms in total. The fraction of sp³-hybridized carbons (Fsp3) is 0.278. The number of nitrogens with one attached hydrogen (secondary N) is 4. The maximum atomic E-state index is 12.6. The summed E-state index contributed by atoms with van der Waals surface area (Å²) >= 11 is 0. The molecule has 1 aliphatic carbocycles. The van der Waals surface area contributed by atoms with Crippen LogP contribution in [0.2, 0.25) is 0 Å². The molecule has 3 heterocycles. The third-order valence-corrected chi connectivity index (χ3v) is 4.50. The van der Waals surface area contributed by atoms with Crippen LogP contribution in [0.25, 0.3) is 10.9 Å². The van der Waals surface area contributed by atoms with Crippen LogP contribution in [-0.2, 0) is 11.8 Å². The first-order valence-electron chi connectivity index (χ1n) is 10.1. The van der Waals surface area contributed by atoms with Crippen LogP contribution in [-0.4, -0.2) is 38.5 Å². The second-order valence-electron chi connectivity index (χ2n) is 6.56. The lowest BCUT2D eigenvalue weighted by atomic mass is 10.2. The summed E-state index contributed by atoms with van der Waals surface area (Å²) < 4.78 is 23.2. The minimum atomic E-state index is -2.73. The standard InChI is InChI=1S/C18H19N7O3/c1-19-17(27)15-11(7-13(23-24-15)22-16(26)9-3-4-9)21-12-8-20-10-5-6-25(2)18(28)14(10)12/h5-9,20H,3-4H2,1-2H3,(H,19,27)(H2,21,22,23,26)/i1D3. The zero-order valence-electron chi connectivity index (χ0n) is 17.9. The molecule has 144 valence electrons. The molecular formula is C18H19N7O3. The number of hydrogen-bond donors (Lipinski definition) is 4. The fourth-order valence-electron chi connectivity index (χ4n) is 2.82. The number of pyridine rings is 1. The summed E-state index contributed by atoms with van der Waals surface area (Å²) in [5.41, 5.74) is 0.422. The maximum absolute atomic E-state index is 12.6. The molecule has 28 heavy (non-hydrogen) atoms. The Morgan fingerprint density at radius 3 is 2.89 bits per heavy atom. The summed E-state index contributed by atoms with van der Waals surface area (Å²) in [6, 6.07) is 3.09. The lowest BCUT2D eigenvalue weighted by molar-refractivity contribution is -0.117. The van der Waals surface area contributed by atoms with Gasteiger partial charge in [-0.2, -0.15) is 0 Å². The monoisotopic (exact) mass is 384 g/mol. The van der Waals surface area contributed by atoms with Crippen LogP contribution in [0.3, 0.4) is 0 Å². The van der Waals surface area contributed by atoms with E-state index in [1.165, 1.54) is 10.6 Å². The first-order chi connectivity index (χ1) is 14.6. The molecule has 0 aromatic carbocycles. The van der Waals surface area contributed by atoms with E-state index in [0.717, 1.165) is 12.8 Å². The lowest BCUT2D eigenvalue weighted by Crippen LogP contribution is -2.22. The van der Waals surface area contributed by atoms with Gasteiger partial charge >= 0.3 is 0 Å². The molecule has 1 saturated carbocycles. The van der Waals surface area contributed by atoms with Crippen molar-refractivity contribution >= 4 is 39.9 Å². The van der Waals surface area contributed by atoms with Crippen molar-refractivity contribution in [3.63, 3.8) is 0 Å². The van der Waals surface area contributed by atoms with E-state index in [4.69, 9.17) is 4.11 Å². The molecule has 2 amide bonds. The van der Waals surface area contributed by atoms with Gasteiger partial charge in [-0.3, -0.25) is 14.4 Å². The average molecular weight is 384 g/mol. The van der Waals surface area contributed by atoms with E-state index in [1.807, 2.05) is 5.32 Å². The van der Waals surface area contributed by atoms with Gasteiger partial charge in [0.05, 0.1) is 22.3 Å². The molecule has 1 fully saturated rings. The minimum absolute atomic E-state index is 0.0756. The predicted octanol–water partition coefficient (Wildman–Crippen LogP) is 1.11. The smallest absolute Gasteiger partial charge is 0.273 e. The van der Waals surface area contributed by atoms with Crippen molar-refractivity contribution in [1.82, 2.24) is 25.1 Å². The number of aromatic amines is 1.